The van der Waals surface area contributed by atoms with Gasteiger partial charge in [0.25, 0.3) is 0 Å². The van der Waals surface area contributed by atoms with E-state index < -0.39 is 10.2 Å². The fourth-order valence-electron chi connectivity index (χ4n) is 0.149. The maximum absolute atomic E-state index is 11.4. The SMILES string of the molecule is C=CC=CS(=O)(=O)F. The van der Waals surface area contributed by atoms with Gasteiger partial charge in [0.2, 0.25) is 0 Å². The Morgan fingerprint density at radius 3 is 2.12 bits per heavy atom. The molecule has 0 rings (SSSR count). The topological polar surface area (TPSA) is 34.1 Å². The van der Waals surface area contributed by atoms with Crippen LogP contribution in [0.2, 0.25) is 0 Å². The highest BCUT2D eigenvalue weighted by Gasteiger charge is 1.94. The zero-order valence-electron chi connectivity index (χ0n) is 4.04. The first kappa shape index (κ1) is 7.36. The molecule has 0 heterocycles. The maximum Gasteiger partial charge on any atom is 0.325 e. The molecule has 0 aliphatic carbocycles. The van der Waals surface area contributed by atoms with E-state index in [1.54, 1.807) is 0 Å². The Labute approximate surface area is 47.5 Å². The van der Waals surface area contributed by atoms with Gasteiger partial charge in [0.15, 0.2) is 0 Å². The summed E-state index contributed by atoms with van der Waals surface area (Å²) in [4.78, 5) is 0. The van der Waals surface area contributed by atoms with Crippen LogP contribution in [0.4, 0.5) is 3.89 Å². The molecule has 0 atom stereocenters. The van der Waals surface area contributed by atoms with E-state index in [9.17, 15) is 12.3 Å². The average molecular weight is 136 g/mol. The molecule has 0 aliphatic heterocycles. The van der Waals surface area contributed by atoms with E-state index in [2.05, 4.69) is 6.58 Å². The first-order chi connectivity index (χ1) is 3.56. The zero-order chi connectivity index (χ0) is 6.62. The maximum atomic E-state index is 11.4. The summed E-state index contributed by atoms with van der Waals surface area (Å²) in [5.41, 5.74) is 0. The molecular weight excluding hydrogens is 131 g/mol. The van der Waals surface area contributed by atoms with Crippen molar-refractivity contribution in [1.29, 1.82) is 0 Å². The number of halogens is 1. The lowest BCUT2D eigenvalue weighted by molar-refractivity contribution is 0.563. The molecule has 4 heteroatoms. The lowest BCUT2D eigenvalue weighted by Gasteiger charge is -1.73. The molecule has 0 fully saturated rings. The molecule has 0 saturated heterocycles. The van der Waals surface area contributed by atoms with Gasteiger partial charge in [-0.15, -0.1) is 3.89 Å². The average Bonchev–Trinajstić information content (AvgIpc) is 1.59. The van der Waals surface area contributed by atoms with Gasteiger partial charge in [-0.05, 0) is 6.08 Å². The van der Waals surface area contributed by atoms with Crippen LogP contribution >= 0.6 is 0 Å². The van der Waals surface area contributed by atoms with Crippen LogP contribution in [0, 0.1) is 0 Å². The lowest BCUT2D eigenvalue weighted by Crippen LogP contribution is -1.78. The van der Waals surface area contributed by atoms with E-state index in [1.165, 1.54) is 6.08 Å². The molecule has 0 unspecified atom stereocenters. The standard InChI is InChI=1S/C4H5FO2S/c1-2-3-4-8(5,6)7/h2-4H,1H2. The predicted molar refractivity (Wildman–Crippen MR) is 29.4 cm³/mol. The number of hydrogen-bond donors (Lipinski definition) is 0. The second kappa shape index (κ2) is 2.61. The van der Waals surface area contributed by atoms with Gasteiger partial charge in [0.1, 0.15) is 0 Å². The van der Waals surface area contributed by atoms with E-state index in [1.807, 2.05) is 0 Å². The molecule has 0 N–H and O–H groups in total. The Morgan fingerprint density at radius 2 is 2.00 bits per heavy atom. The summed E-state index contributed by atoms with van der Waals surface area (Å²) in [7, 11) is -4.44. The first-order valence-electron chi connectivity index (χ1n) is 1.80. The van der Waals surface area contributed by atoms with Crippen LogP contribution in [0.3, 0.4) is 0 Å². The third-order valence-corrected chi connectivity index (χ3v) is 0.859. The fourth-order valence-corrected chi connectivity index (χ4v) is 0.448. The molecule has 0 aliphatic rings. The highest BCUT2D eigenvalue weighted by molar-refractivity contribution is 7.89. The summed E-state index contributed by atoms with van der Waals surface area (Å²) in [6.45, 7) is 3.15. The van der Waals surface area contributed by atoms with Crippen molar-refractivity contribution in [2.45, 2.75) is 0 Å². The smallest absolute Gasteiger partial charge is 0.190 e. The summed E-state index contributed by atoms with van der Waals surface area (Å²) >= 11 is 0. The number of allylic oxidation sites excluding steroid dienone is 2. The van der Waals surface area contributed by atoms with Crippen LogP contribution in [-0.4, -0.2) is 8.42 Å². The summed E-state index contributed by atoms with van der Waals surface area (Å²) in [6, 6.07) is 0. The van der Waals surface area contributed by atoms with Gasteiger partial charge in [-0.1, -0.05) is 12.7 Å². The van der Waals surface area contributed by atoms with E-state index in [0.29, 0.717) is 5.41 Å². The monoisotopic (exact) mass is 136 g/mol. The lowest BCUT2D eigenvalue weighted by atomic mass is 10.6. The third kappa shape index (κ3) is 5.36. The highest BCUT2D eigenvalue weighted by atomic mass is 32.3. The van der Waals surface area contributed by atoms with Gasteiger partial charge in [0.05, 0.1) is 5.41 Å². The molecule has 8 heavy (non-hydrogen) atoms. The van der Waals surface area contributed by atoms with Crippen LogP contribution in [0.15, 0.2) is 24.1 Å². The van der Waals surface area contributed by atoms with Gasteiger partial charge in [-0.3, -0.25) is 0 Å². The number of rotatable bonds is 2. The fraction of sp³-hybridized carbons (Fsp3) is 0. The third-order valence-electron chi connectivity index (χ3n) is 0.377. The van der Waals surface area contributed by atoms with E-state index >= 15 is 0 Å². The van der Waals surface area contributed by atoms with Crippen molar-refractivity contribution in [3.63, 3.8) is 0 Å². The van der Waals surface area contributed by atoms with Crippen molar-refractivity contribution in [3.05, 3.63) is 24.1 Å². The van der Waals surface area contributed by atoms with E-state index in [-0.39, 0.29) is 0 Å². The van der Waals surface area contributed by atoms with Crippen molar-refractivity contribution in [3.8, 4) is 0 Å². The Bertz CT molecular complexity index is 190. The largest absolute Gasteiger partial charge is 0.325 e. The Hall–Kier alpha value is -0.640. The van der Waals surface area contributed by atoms with E-state index in [4.69, 9.17) is 0 Å². The van der Waals surface area contributed by atoms with Gasteiger partial charge in [0, 0.05) is 0 Å². The minimum Gasteiger partial charge on any atom is -0.190 e. The molecule has 0 bridgehead atoms. The normalized spacial score (nSPS) is 12.1. The Morgan fingerprint density at radius 1 is 1.50 bits per heavy atom. The summed E-state index contributed by atoms with van der Waals surface area (Å²) in [5, 5.41) is 0.431. The molecule has 0 radical (unpaired) electrons. The number of hydrogen-bond acceptors (Lipinski definition) is 2. The van der Waals surface area contributed by atoms with Crippen molar-refractivity contribution >= 4 is 10.2 Å². The molecule has 2 nitrogen and oxygen atoms in total. The van der Waals surface area contributed by atoms with Crippen molar-refractivity contribution in [2.24, 2.45) is 0 Å². The van der Waals surface area contributed by atoms with Crippen LogP contribution in [0.5, 0.6) is 0 Å². The molecule has 46 valence electrons. The van der Waals surface area contributed by atoms with Crippen LogP contribution < -0.4 is 0 Å². The first-order valence-corrected chi connectivity index (χ1v) is 3.24. The van der Waals surface area contributed by atoms with Crippen LogP contribution in [0.25, 0.3) is 0 Å². The van der Waals surface area contributed by atoms with Gasteiger partial charge in [-0.25, -0.2) is 0 Å². The molecule has 0 aromatic carbocycles. The van der Waals surface area contributed by atoms with Gasteiger partial charge >= 0.3 is 10.2 Å². The molecule has 0 amide bonds. The van der Waals surface area contributed by atoms with Crippen LogP contribution in [0.1, 0.15) is 0 Å². The molecule has 0 aromatic rings. The predicted octanol–water partition coefficient (Wildman–Crippen LogP) is 0.985. The van der Waals surface area contributed by atoms with Crippen molar-refractivity contribution in [2.75, 3.05) is 0 Å². The second-order valence-corrected chi connectivity index (χ2v) is 2.26. The molecule has 0 aromatic heterocycles. The summed E-state index contributed by atoms with van der Waals surface area (Å²) in [5.74, 6) is 0. The summed E-state index contributed by atoms with van der Waals surface area (Å²) < 4.78 is 30.6. The summed E-state index contributed by atoms with van der Waals surface area (Å²) in [6.07, 6.45) is 2.19. The quantitative estimate of drug-likeness (QED) is 0.419. The van der Waals surface area contributed by atoms with Crippen LogP contribution in [-0.2, 0) is 10.2 Å². The molecule has 0 spiro atoms. The zero-order valence-corrected chi connectivity index (χ0v) is 4.86. The minimum atomic E-state index is -4.44. The Balaban J connectivity index is 4.12. The van der Waals surface area contributed by atoms with E-state index in [0.717, 1.165) is 6.08 Å². The van der Waals surface area contributed by atoms with Crippen molar-refractivity contribution < 1.29 is 12.3 Å². The minimum absolute atomic E-state index is 0.431. The highest BCUT2D eigenvalue weighted by Crippen LogP contribution is 1.91. The van der Waals surface area contributed by atoms with Gasteiger partial charge < -0.3 is 0 Å². The second-order valence-electron chi connectivity index (χ2n) is 1.04. The molecular formula is C4H5FO2S. The molecule has 0 saturated carbocycles. The van der Waals surface area contributed by atoms with Gasteiger partial charge in [-0.2, -0.15) is 8.42 Å². The Kier molecular flexibility index (Phi) is 2.41. The van der Waals surface area contributed by atoms with Crippen molar-refractivity contribution in [1.82, 2.24) is 0 Å².